The molecule has 3 rings (SSSR count). The van der Waals surface area contributed by atoms with Crippen molar-refractivity contribution in [1.82, 2.24) is 15.1 Å². The third kappa shape index (κ3) is 2.44. The molecule has 3 atom stereocenters. The van der Waals surface area contributed by atoms with Gasteiger partial charge in [-0.05, 0) is 52.2 Å². The lowest BCUT2D eigenvalue weighted by molar-refractivity contribution is -0.0473. The average molecular weight is 253 g/mol. The predicted molar refractivity (Wildman–Crippen MR) is 72.7 cm³/mol. The van der Waals surface area contributed by atoms with Crippen molar-refractivity contribution < 1.29 is 5.11 Å². The second-order valence-corrected chi connectivity index (χ2v) is 6.51. The number of likely N-dealkylation sites (tertiary alicyclic amines) is 2. The second kappa shape index (κ2) is 5.08. The molecule has 0 bridgehead atoms. The van der Waals surface area contributed by atoms with Gasteiger partial charge in [0.25, 0.3) is 0 Å². The molecule has 0 saturated carbocycles. The van der Waals surface area contributed by atoms with Gasteiger partial charge < -0.3 is 10.4 Å². The molecule has 104 valence electrons. The summed E-state index contributed by atoms with van der Waals surface area (Å²) in [6.07, 6.45) is 4.91. The summed E-state index contributed by atoms with van der Waals surface area (Å²) >= 11 is 0. The molecule has 0 aromatic carbocycles. The molecule has 3 heterocycles. The molecule has 0 aromatic heterocycles. The Morgan fingerprint density at radius 3 is 2.67 bits per heavy atom. The fraction of sp³-hybridized carbons (Fsp3) is 1.00. The highest BCUT2D eigenvalue weighted by Gasteiger charge is 2.41. The Hall–Kier alpha value is -0.160. The van der Waals surface area contributed by atoms with Gasteiger partial charge in [-0.1, -0.05) is 0 Å². The minimum Gasteiger partial charge on any atom is -0.388 e. The second-order valence-electron chi connectivity index (χ2n) is 6.51. The number of aliphatic hydroxyl groups is 1. The fourth-order valence-electron chi connectivity index (χ4n) is 3.95. The molecule has 0 radical (unpaired) electrons. The third-order valence-corrected chi connectivity index (χ3v) is 5.16. The van der Waals surface area contributed by atoms with Crippen molar-refractivity contribution in [3.63, 3.8) is 0 Å². The Kier molecular flexibility index (Phi) is 3.63. The Morgan fingerprint density at radius 2 is 1.94 bits per heavy atom. The van der Waals surface area contributed by atoms with E-state index in [0.717, 1.165) is 38.6 Å². The molecular weight excluding hydrogens is 226 g/mol. The number of piperidine rings is 1. The van der Waals surface area contributed by atoms with E-state index in [9.17, 15) is 5.11 Å². The van der Waals surface area contributed by atoms with Crippen LogP contribution in [-0.4, -0.2) is 71.9 Å². The molecule has 4 nitrogen and oxygen atoms in total. The van der Waals surface area contributed by atoms with Crippen LogP contribution in [0.5, 0.6) is 0 Å². The Bertz CT molecular complexity index is 289. The van der Waals surface area contributed by atoms with Gasteiger partial charge >= 0.3 is 0 Å². The lowest BCUT2D eigenvalue weighted by Crippen LogP contribution is -2.60. The van der Waals surface area contributed by atoms with Gasteiger partial charge in [-0.25, -0.2) is 0 Å². The van der Waals surface area contributed by atoms with Crippen LogP contribution in [0.15, 0.2) is 0 Å². The van der Waals surface area contributed by atoms with Gasteiger partial charge in [0.1, 0.15) is 0 Å². The molecule has 3 aliphatic rings. The minimum atomic E-state index is -0.509. The monoisotopic (exact) mass is 253 g/mol. The van der Waals surface area contributed by atoms with Crippen molar-refractivity contribution in [3.8, 4) is 0 Å². The maximum atomic E-state index is 10.6. The quantitative estimate of drug-likeness (QED) is 0.741. The summed E-state index contributed by atoms with van der Waals surface area (Å²) in [7, 11) is 0. The minimum absolute atomic E-state index is 0.304. The normalized spacial score (nSPS) is 43.7. The summed E-state index contributed by atoms with van der Waals surface area (Å²) in [6.45, 7) is 8.80. The highest BCUT2D eigenvalue weighted by molar-refractivity contribution is 4.99. The third-order valence-electron chi connectivity index (χ3n) is 5.16. The highest BCUT2D eigenvalue weighted by atomic mass is 16.3. The molecule has 0 aromatic rings. The van der Waals surface area contributed by atoms with E-state index in [2.05, 4.69) is 15.1 Å². The number of nitrogens with zero attached hydrogens (tertiary/aromatic N) is 2. The van der Waals surface area contributed by atoms with Crippen LogP contribution in [0.25, 0.3) is 0 Å². The summed E-state index contributed by atoms with van der Waals surface area (Å²) in [5.74, 6) is 0. The van der Waals surface area contributed by atoms with Gasteiger partial charge in [0.05, 0.1) is 11.6 Å². The zero-order valence-corrected chi connectivity index (χ0v) is 11.6. The van der Waals surface area contributed by atoms with E-state index in [0.29, 0.717) is 6.04 Å². The Morgan fingerprint density at radius 1 is 1.17 bits per heavy atom. The lowest BCUT2D eigenvalue weighted by Gasteiger charge is -2.43. The van der Waals surface area contributed by atoms with E-state index in [1.54, 1.807) is 0 Å². The number of hydrogen-bond donors (Lipinski definition) is 2. The molecule has 0 amide bonds. The first-order valence-corrected chi connectivity index (χ1v) is 7.58. The van der Waals surface area contributed by atoms with Gasteiger partial charge in [0, 0.05) is 25.7 Å². The van der Waals surface area contributed by atoms with Gasteiger partial charge in [-0.15, -0.1) is 0 Å². The molecule has 3 aliphatic heterocycles. The number of hydrogen-bond acceptors (Lipinski definition) is 4. The van der Waals surface area contributed by atoms with Crippen LogP contribution in [0.3, 0.4) is 0 Å². The molecule has 3 fully saturated rings. The molecule has 0 aliphatic carbocycles. The first kappa shape index (κ1) is 12.9. The van der Waals surface area contributed by atoms with E-state index < -0.39 is 5.60 Å². The summed E-state index contributed by atoms with van der Waals surface area (Å²) in [5.41, 5.74) is -0.509. The summed E-state index contributed by atoms with van der Waals surface area (Å²) in [6, 6.07) is 1.05. The first-order valence-electron chi connectivity index (χ1n) is 7.58. The van der Waals surface area contributed by atoms with Crippen LogP contribution in [0, 0.1) is 0 Å². The standard InChI is InChI=1S/C14H27N3O/c1-14(18)5-6-15-10-13(14)17-9-4-12(11-17)16-7-2-3-8-16/h12-13,15,18H,2-11H2,1H3. The molecule has 4 heteroatoms. The average Bonchev–Trinajstić information content (AvgIpc) is 2.99. The van der Waals surface area contributed by atoms with Crippen molar-refractivity contribution in [2.45, 2.75) is 50.3 Å². The van der Waals surface area contributed by atoms with Crippen molar-refractivity contribution in [1.29, 1.82) is 0 Å². The molecular formula is C14H27N3O. The summed E-state index contributed by atoms with van der Waals surface area (Å²) in [5, 5.41) is 14.0. The highest BCUT2D eigenvalue weighted by Crippen LogP contribution is 2.28. The molecule has 2 N–H and O–H groups in total. The van der Waals surface area contributed by atoms with E-state index in [4.69, 9.17) is 0 Å². The molecule has 18 heavy (non-hydrogen) atoms. The van der Waals surface area contributed by atoms with Gasteiger partial charge in [-0.2, -0.15) is 0 Å². The van der Waals surface area contributed by atoms with E-state index in [1.165, 1.54) is 32.4 Å². The van der Waals surface area contributed by atoms with Crippen molar-refractivity contribution in [3.05, 3.63) is 0 Å². The zero-order chi connectivity index (χ0) is 12.6. The predicted octanol–water partition coefficient (Wildman–Crippen LogP) is 0.269. The maximum absolute atomic E-state index is 10.6. The van der Waals surface area contributed by atoms with Gasteiger partial charge in [-0.3, -0.25) is 9.80 Å². The Labute approximate surface area is 110 Å². The molecule has 3 unspecified atom stereocenters. The van der Waals surface area contributed by atoms with Crippen molar-refractivity contribution >= 4 is 0 Å². The van der Waals surface area contributed by atoms with E-state index >= 15 is 0 Å². The Balaban J connectivity index is 1.60. The zero-order valence-electron chi connectivity index (χ0n) is 11.6. The van der Waals surface area contributed by atoms with Crippen LogP contribution in [0.4, 0.5) is 0 Å². The van der Waals surface area contributed by atoms with E-state index in [1.807, 2.05) is 6.92 Å². The van der Waals surface area contributed by atoms with Crippen LogP contribution in [0.1, 0.15) is 32.6 Å². The summed E-state index contributed by atoms with van der Waals surface area (Å²) in [4.78, 5) is 5.18. The fourth-order valence-corrected chi connectivity index (χ4v) is 3.95. The smallest absolute Gasteiger partial charge is 0.0798 e. The first-order chi connectivity index (χ1) is 8.67. The molecule has 0 spiro atoms. The van der Waals surface area contributed by atoms with Gasteiger partial charge in [0.15, 0.2) is 0 Å². The SMILES string of the molecule is CC1(O)CCNCC1N1CCC(N2CCCC2)C1. The van der Waals surface area contributed by atoms with E-state index in [-0.39, 0.29) is 0 Å². The number of rotatable bonds is 2. The topological polar surface area (TPSA) is 38.7 Å². The number of nitrogens with one attached hydrogen (secondary N) is 1. The largest absolute Gasteiger partial charge is 0.388 e. The van der Waals surface area contributed by atoms with Crippen molar-refractivity contribution in [2.24, 2.45) is 0 Å². The van der Waals surface area contributed by atoms with Crippen LogP contribution in [0.2, 0.25) is 0 Å². The maximum Gasteiger partial charge on any atom is 0.0798 e. The van der Waals surface area contributed by atoms with Crippen LogP contribution in [-0.2, 0) is 0 Å². The van der Waals surface area contributed by atoms with Crippen LogP contribution < -0.4 is 5.32 Å². The summed E-state index contributed by atoms with van der Waals surface area (Å²) < 4.78 is 0. The van der Waals surface area contributed by atoms with Gasteiger partial charge in [0.2, 0.25) is 0 Å². The molecule has 3 saturated heterocycles. The lowest BCUT2D eigenvalue weighted by atomic mass is 9.88. The van der Waals surface area contributed by atoms with Crippen LogP contribution >= 0.6 is 0 Å². The van der Waals surface area contributed by atoms with Crippen molar-refractivity contribution in [2.75, 3.05) is 39.3 Å².